The van der Waals surface area contributed by atoms with Crippen LogP contribution in [0.1, 0.15) is 38.5 Å². The first-order valence-corrected chi connectivity index (χ1v) is 10.1. The topological polar surface area (TPSA) is 72.6 Å². The number of ether oxygens (including phenoxy) is 1. The Labute approximate surface area is 138 Å². The molecule has 1 aromatic rings. The molecule has 6 heteroatoms. The van der Waals surface area contributed by atoms with E-state index in [1.54, 1.807) is 12.1 Å². The first kappa shape index (κ1) is 16.7. The van der Waals surface area contributed by atoms with Gasteiger partial charge in [0.25, 0.3) is 0 Å². The smallest absolute Gasteiger partial charge is 0.238 e. The molecule has 0 amide bonds. The van der Waals surface area contributed by atoms with Crippen molar-refractivity contribution in [2.45, 2.75) is 49.5 Å². The van der Waals surface area contributed by atoms with E-state index in [4.69, 9.17) is 9.88 Å². The van der Waals surface area contributed by atoms with Crippen molar-refractivity contribution < 1.29 is 13.2 Å². The Morgan fingerprint density at radius 1 is 1.09 bits per heavy atom. The molecule has 0 aromatic heterocycles. The van der Waals surface area contributed by atoms with Crippen molar-refractivity contribution in [2.24, 2.45) is 11.1 Å². The third-order valence-electron chi connectivity index (χ3n) is 5.16. The summed E-state index contributed by atoms with van der Waals surface area (Å²) in [6.45, 7) is 2.75. The highest BCUT2D eigenvalue weighted by Crippen LogP contribution is 2.35. The maximum Gasteiger partial charge on any atom is 0.238 e. The molecule has 128 valence electrons. The average Bonchev–Trinajstić information content (AvgIpc) is 3.17. The quantitative estimate of drug-likeness (QED) is 0.864. The van der Waals surface area contributed by atoms with Gasteiger partial charge in [-0.2, -0.15) is 0 Å². The summed E-state index contributed by atoms with van der Waals surface area (Å²) in [6.07, 6.45) is 8.18. The first-order chi connectivity index (χ1) is 11.0. The summed E-state index contributed by atoms with van der Waals surface area (Å²) in [5.74, 6) is 1.57. The highest BCUT2D eigenvalue weighted by atomic mass is 32.2. The van der Waals surface area contributed by atoms with Crippen LogP contribution in [0.2, 0.25) is 0 Å². The van der Waals surface area contributed by atoms with E-state index in [0.717, 1.165) is 18.5 Å². The van der Waals surface area contributed by atoms with Gasteiger partial charge in [0, 0.05) is 12.6 Å². The summed E-state index contributed by atoms with van der Waals surface area (Å²) in [4.78, 5) is 2.69. The molecule has 3 rings (SSSR count). The van der Waals surface area contributed by atoms with Gasteiger partial charge in [0.2, 0.25) is 10.0 Å². The van der Waals surface area contributed by atoms with Gasteiger partial charge in [0.1, 0.15) is 12.4 Å². The van der Waals surface area contributed by atoms with Crippen molar-refractivity contribution in [1.29, 1.82) is 0 Å². The molecule has 1 saturated heterocycles. The van der Waals surface area contributed by atoms with Crippen molar-refractivity contribution >= 4 is 10.0 Å². The lowest BCUT2D eigenvalue weighted by atomic mass is 9.96. The standard InChI is InChI=1S/C17H26N2O3S/c18-23(20,21)16-9-7-15(8-10-16)22-13-12-19-11-3-6-17(19)14-4-1-2-5-14/h7-10,14,17H,1-6,11-13H2,(H2,18,20,21)/t17-/m0/s1. The van der Waals surface area contributed by atoms with Crippen LogP contribution in [0, 0.1) is 5.92 Å². The Hall–Kier alpha value is -1.11. The minimum Gasteiger partial charge on any atom is -0.492 e. The zero-order valence-corrected chi connectivity index (χ0v) is 14.3. The lowest BCUT2D eigenvalue weighted by molar-refractivity contribution is 0.158. The lowest BCUT2D eigenvalue weighted by Gasteiger charge is -2.29. The first-order valence-electron chi connectivity index (χ1n) is 8.54. The largest absolute Gasteiger partial charge is 0.492 e. The Kier molecular flexibility index (Phi) is 5.24. The fraction of sp³-hybridized carbons (Fsp3) is 0.647. The number of benzene rings is 1. The monoisotopic (exact) mass is 338 g/mol. The van der Waals surface area contributed by atoms with Crippen LogP contribution >= 0.6 is 0 Å². The van der Waals surface area contributed by atoms with E-state index < -0.39 is 10.0 Å². The molecule has 23 heavy (non-hydrogen) atoms. The van der Waals surface area contributed by atoms with E-state index in [1.165, 1.54) is 57.2 Å². The average molecular weight is 338 g/mol. The molecule has 2 fully saturated rings. The number of primary sulfonamides is 1. The number of rotatable bonds is 6. The van der Waals surface area contributed by atoms with Gasteiger partial charge < -0.3 is 4.74 Å². The number of likely N-dealkylation sites (tertiary alicyclic amines) is 1. The van der Waals surface area contributed by atoms with Gasteiger partial charge in [-0.05, 0) is 62.4 Å². The summed E-state index contributed by atoms with van der Waals surface area (Å²) in [5, 5.41) is 5.09. The molecular weight excluding hydrogens is 312 g/mol. The van der Waals surface area contributed by atoms with Gasteiger partial charge in [-0.25, -0.2) is 13.6 Å². The molecule has 5 nitrogen and oxygen atoms in total. The van der Waals surface area contributed by atoms with Crippen LogP contribution in [0.4, 0.5) is 0 Å². The molecule has 0 bridgehead atoms. The highest BCUT2D eigenvalue weighted by Gasteiger charge is 2.32. The number of hydrogen-bond donors (Lipinski definition) is 1. The molecule has 1 aliphatic heterocycles. The lowest BCUT2D eigenvalue weighted by Crippen LogP contribution is -2.37. The molecule has 0 unspecified atom stereocenters. The number of nitrogens with zero attached hydrogens (tertiary/aromatic N) is 1. The van der Waals surface area contributed by atoms with Crippen LogP contribution in [0.15, 0.2) is 29.2 Å². The summed E-state index contributed by atoms with van der Waals surface area (Å²) < 4.78 is 28.2. The second-order valence-electron chi connectivity index (χ2n) is 6.65. The van der Waals surface area contributed by atoms with E-state index in [-0.39, 0.29) is 4.90 Å². The Morgan fingerprint density at radius 2 is 1.78 bits per heavy atom. The Balaban J connectivity index is 1.49. The van der Waals surface area contributed by atoms with Crippen molar-refractivity contribution in [3.05, 3.63) is 24.3 Å². The summed E-state index contributed by atoms with van der Waals surface area (Å²) in [5.41, 5.74) is 0. The van der Waals surface area contributed by atoms with Gasteiger partial charge in [-0.3, -0.25) is 4.90 Å². The number of hydrogen-bond acceptors (Lipinski definition) is 4. The minimum atomic E-state index is -3.63. The van der Waals surface area contributed by atoms with E-state index >= 15 is 0 Å². The predicted molar refractivity (Wildman–Crippen MR) is 89.9 cm³/mol. The van der Waals surface area contributed by atoms with Gasteiger partial charge in [-0.15, -0.1) is 0 Å². The molecule has 0 radical (unpaired) electrons. The molecule has 1 aliphatic carbocycles. The van der Waals surface area contributed by atoms with E-state index in [1.807, 2.05) is 0 Å². The van der Waals surface area contributed by atoms with Crippen LogP contribution in [0.3, 0.4) is 0 Å². The van der Waals surface area contributed by atoms with Crippen molar-refractivity contribution in [3.8, 4) is 5.75 Å². The van der Waals surface area contributed by atoms with Crippen molar-refractivity contribution in [1.82, 2.24) is 4.90 Å². The maximum atomic E-state index is 11.2. The van der Waals surface area contributed by atoms with Gasteiger partial charge in [0.15, 0.2) is 0 Å². The number of nitrogens with two attached hydrogens (primary N) is 1. The Morgan fingerprint density at radius 3 is 2.43 bits per heavy atom. The van der Waals surface area contributed by atoms with Crippen LogP contribution in [-0.4, -0.2) is 39.1 Å². The van der Waals surface area contributed by atoms with Crippen LogP contribution in [-0.2, 0) is 10.0 Å². The van der Waals surface area contributed by atoms with Gasteiger partial charge in [0.05, 0.1) is 4.90 Å². The molecular formula is C17H26N2O3S. The molecule has 1 aromatic carbocycles. The zero-order chi connectivity index (χ0) is 16.3. The summed E-state index contributed by atoms with van der Waals surface area (Å²) in [7, 11) is -3.63. The zero-order valence-electron chi connectivity index (χ0n) is 13.5. The predicted octanol–water partition coefficient (Wildman–Crippen LogP) is 2.37. The fourth-order valence-electron chi connectivity index (χ4n) is 4.01. The van der Waals surface area contributed by atoms with E-state index in [9.17, 15) is 8.42 Å². The highest BCUT2D eigenvalue weighted by molar-refractivity contribution is 7.89. The fourth-order valence-corrected chi connectivity index (χ4v) is 4.53. The normalized spacial score (nSPS) is 23.4. The van der Waals surface area contributed by atoms with Crippen LogP contribution in [0.25, 0.3) is 0 Å². The minimum absolute atomic E-state index is 0.116. The van der Waals surface area contributed by atoms with E-state index in [0.29, 0.717) is 12.4 Å². The second kappa shape index (κ2) is 7.20. The molecule has 0 spiro atoms. The third-order valence-corrected chi connectivity index (χ3v) is 6.09. The third kappa shape index (κ3) is 4.25. The molecule has 2 aliphatic rings. The molecule has 1 atom stereocenters. The van der Waals surface area contributed by atoms with Gasteiger partial charge in [-0.1, -0.05) is 12.8 Å². The second-order valence-corrected chi connectivity index (χ2v) is 8.22. The summed E-state index contributed by atoms with van der Waals surface area (Å²) in [6, 6.07) is 7.05. The maximum absolute atomic E-state index is 11.2. The van der Waals surface area contributed by atoms with Gasteiger partial charge >= 0.3 is 0 Å². The number of sulfonamides is 1. The molecule has 1 heterocycles. The van der Waals surface area contributed by atoms with Crippen molar-refractivity contribution in [3.63, 3.8) is 0 Å². The SMILES string of the molecule is NS(=O)(=O)c1ccc(OCCN2CCC[C@H]2C2CCCC2)cc1. The van der Waals surface area contributed by atoms with Crippen molar-refractivity contribution in [2.75, 3.05) is 19.7 Å². The Bertz CT molecular complexity index is 609. The van der Waals surface area contributed by atoms with Crippen LogP contribution in [0.5, 0.6) is 5.75 Å². The molecule has 2 N–H and O–H groups in total. The van der Waals surface area contributed by atoms with Crippen LogP contribution < -0.4 is 9.88 Å². The summed E-state index contributed by atoms with van der Waals surface area (Å²) >= 11 is 0. The molecule has 1 saturated carbocycles. The van der Waals surface area contributed by atoms with E-state index in [2.05, 4.69) is 4.90 Å².